The van der Waals surface area contributed by atoms with Crippen LogP contribution in [0.15, 0.2) is 48.5 Å². The first kappa shape index (κ1) is 23.8. The highest BCUT2D eigenvalue weighted by molar-refractivity contribution is 7.90. The van der Waals surface area contributed by atoms with Crippen molar-refractivity contribution in [1.82, 2.24) is 9.21 Å². The average molecular weight is 437 g/mol. The van der Waals surface area contributed by atoms with Gasteiger partial charge in [-0.2, -0.15) is 12.7 Å². The van der Waals surface area contributed by atoms with Crippen LogP contribution in [0, 0.1) is 5.82 Å². The summed E-state index contributed by atoms with van der Waals surface area (Å²) in [7, 11) is -1.19. The topological polar surface area (TPSA) is 73.0 Å². The van der Waals surface area contributed by atoms with Crippen LogP contribution in [0.25, 0.3) is 0 Å². The third-order valence-corrected chi connectivity index (χ3v) is 6.50. The number of rotatable bonds is 10. The van der Waals surface area contributed by atoms with E-state index in [0.717, 1.165) is 45.9 Å². The Morgan fingerprint density at radius 3 is 2.03 bits per heavy atom. The molecular weight excluding hydrogens is 407 g/mol. The van der Waals surface area contributed by atoms with Crippen LogP contribution >= 0.6 is 0 Å². The zero-order valence-electron chi connectivity index (χ0n) is 17.8. The van der Waals surface area contributed by atoms with E-state index < -0.39 is 28.5 Å². The number of carbonyl (C=O) groups is 1. The van der Waals surface area contributed by atoms with Crippen LogP contribution in [0.1, 0.15) is 19.4 Å². The zero-order valence-corrected chi connectivity index (χ0v) is 18.6. The van der Waals surface area contributed by atoms with Gasteiger partial charge in [0, 0.05) is 26.3 Å². The van der Waals surface area contributed by atoms with Gasteiger partial charge >= 0.3 is 10.2 Å². The summed E-state index contributed by atoms with van der Waals surface area (Å²) in [4.78, 5) is 14.8. The molecule has 0 saturated heterocycles. The Kier molecular flexibility index (Phi) is 8.33. The second kappa shape index (κ2) is 10.5. The predicted octanol–water partition coefficient (Wildman–Crippen LogP) is 2.92. The van der Waals surface area contributed by atoms with Crippen LogP contribution in [0.3, 0.4) is 0 Å². The SMILES string of the molecule is CCN(CC)Cc1ccc(NC(=O)CN(c2ccc(F)cc2)S(=O)(=O)N(C)C)cc1. The molecule has 0 unspecified atom stereocenters. The largest absolute Gasteiger partial charge is 0.325 e. The Morgan fingerprint density at radius 1 is 0.967 bits per heavy atom. The van der Waals surface area contributed by atoms with Gasteiger partial charge in [-0.1, -0.05) is 26.0 Å². The average Bonchev–Trinajstić information content (AvgIpc) is 2.72. The van der Waals surface area contributed by atoms with Gasteiger partial charge in [0.1, 0.15) is 12.4 Å². The molecule has 0 fully saturated rings. The minimum absolute atomic E-state index is 0.204. The van der Waals surface area contributed by atoms with Crippen LogP contribution < -0.4 is 9.62 Å². The molecule has 2 aromatic carbocycles. The molecule has 0 heterocycles. The van der Waals surface area contributed by atoms with Crippen molar-refractivity contribution >= 4 is 27.5 Å². The van der Waals surface area contributed by atoms with Crippen molar-refractivity contribution in [3.63, 3.8) is 0 Å². The Bertz CT molecular complexity index is 928. The van der Waals surface area contributed by atoms with Crippen molar-refractivity contribution in [2.45, 2.75) is 20.4 Å². The summed E-state index contributed by atoms with van der Waals surface area (Å²) in [6, 6.07) is 12.4. The lowest BCUT2D eigenvalue weighted by Crippen LogP contribution is -2.44. The van der Waals surface area contributed by atoms with E-state index in [-0.39, 0.29) is 5.69 Å². The van der Waals surface area contributed by atoms with Gasteiger partial charge in [-0.05, 0) is 55.1 Å². The van der Waals surface area contributed by atoms with Gasteiger partial charge in [0.25, 0.3) is 0 Å². The minimum Gasteiger partial charge on any atom is -0.325 e. The highest BCUT2D eigenvalue weighted by Crippen LogP contribution is 2.20. The van der Waals surface area contributed by atoms with Gasteiger partial charge in [0.2, 0.25) is 5.91 Å². The van der Waals surface area contributed by atoms with Gasteiger partial charge in [0.15, 0.2) is 0 Å². The van der Waals surface area contributed by atoms with Crippen LogP contribution in [0.5, 0.6) is 0 Å². The molecule has 0 radical (unpaired) electrons. The highest BCUT2D eigenvalue weighted by atomic mass is 32.2. The van der Waals surface area contributed by atoms with E-state index in [0.29, 0.717) is 5.69 Å². The van der Waals surface area contributed by atoms with Crippen molar-refractivity contribution in [3.05, 3.63) is 59.9 Å². The molecule has 7 nitrogen and oxygen atoms in total. The Hall–Kier alpha value is -2.49. The maximum Gasteiger partial charge on any atom is 0.304 e. The number of nitrogens with one attached hydrogen (secondary N) is 1. The Balaban J connectivity index is 2.13. The number of hydrogen-bond acceptors (Lipinski definition) is 4. The fraction of sp³-hybridized carbons (Fsp3) is 0.381. The molecule has 9 heteroatoms. The molecule has 0 aliphatic carbocycles. The Morgan fingerprint density at radius 2 is 1.53 bits per heavy atom. The molecule has 30 heavy (non-hydrogen) atoms. The molecule has 0 aliphatic rings. The van der Waals surface area contributed by atoms with E-state index >= 15 is 0 Å². The third kappa shape index (κ3) is 6.25. The van der Waals surface area contributed by atoms with Crippen molar-refractivity contribution in [3.8, 4) is 0 Å². The molecule has 1 amide bonds. The second-order valence-corrected chi connectivity index (χ2v) is 9.05. The summed E-state index contributed by atoms with van der Waals surface area (Å²) in [6.45, 7) is 6.50. The molecule has 1 N–H and O–H groups in total. The predicted molar refractivity (Wildman–Crippen MR) is 118 cm³/mol. The van der Waals surface area contributed by atoms with Crippen molar-refractivity contribution in [1.29, 1.82) is 0 Å². The summed E-state index contributed by atoms with van der Waals surface area (Å²) in [5.74, 6) is -0.989. The summed E-state index contributed by atoms with van der Waals surface area (Å²) >= 11 is 0. The number of hydrogen-bond donors (Lipinski definition) is 1. The number of amides is 1. The molecule has 0 aliphatic heterocycles. The van der Waals surface area contributed by atoms with Crippen molar-refractivity contribution in [2.75, 3.05) is 43.4 Å². The second-order valence-electron chi connectivity index (χ2n) is 6.98. The first-order valence-corrected chi connectivity index (χ1v) is 11.1. The summed E-state index contributed by atoms with van der Waals surface area (Å²) in [5.41, 5.74) is 1.90. The van der Waals surface area contributed by atoms with Crippen LogP contribution in [-0.4, -0.2) is 57.3 Å². The van der Waals surface area contributed by atoms with Crippen LogP contribution in [0.4, 0.5) is 15.8 Å². The van der Waals surface area contributed by atoms with Crippen molar-refractivity contribution < 1.29 is 17.6 Å². The van der Waals surface area contributed by atoms with Gasteiger partial charge in [-0.15, -0.1) is 0 Å². The molecule has 0 spiro atoms. The lowest BCUT2D eigenvalue weighted by molar-refractivity contribution is -0.114. The van der Waals surface area contributed by atoms with E-state index in [4.69, 9.17) is 0 Å². The fourth-order valence-corrected chi connectivity index (χ4v) is 3.90. The van der Waals surface area contributed by atoms with Crippen LogP contribution in [0.2, 0.25) is 0 Å². The quantitative estimate of drug-likeness (QED) is 0.622. The third-order valence-electron chi connectivity index (χ3n) is 4.68. The van der Waals surface area contributed by atoms with E-state index in [1.807, 2.05) is 12.1 Å². The maximum absolute atomic E-state index is 13.3. The first-order valence-electron chi connectivity index (χ1n) is 9.74. The fourth-order valence-electron chi connectivity index (χ4n) is 2.84. The van der Waals surface area contributed by atoms with E-state index in [2.05, 4.69) is 24.1 Å². The molecule has 0 aromatic heterocycles. The highest BCUT2D eigenvalue weighted by Gasteiger charge is 2.27. The number of anilines is 2. The summed E-state index contributed by atoms with van der Waals surface area (Å²) < 4.78 is 40.6. The smallest absolute Gasteiger partial charge is 0.304 e. The lowest BCUT2D eigenvalue weighted by atomic mass is 10.2. The maximum atomic E-state index is 13.3. The molecule has 0 bridgehead atoms. The van der Waals surface area contributed by atoms with Crippen molar-refractivity contribution in [2.24, 2.45) is 0 Å². The number of carbonyl (C=O) groups excluding carboxylic acids is 1. The number of nitrogens with zero attached hydrogens (tertiary/aromatic N) is 3. The number of halogens is 1. The zero-order chi connectivity index (χ0) is 22.3. The normalized spacial score (nSPS) is 11.7. The van der Waals surface area contributed by atoms with Gasteiger partial charge in [-0.3, -0.25) is 9.69 Å². The minimum atomic E-state index is -3.94. The molecule has 0 atom stereocenters. The Labute approximate surface area is 178 Å². The monoisotopic (exact) mass is 436 g/mol. The summed E-state index contributed by atoms with van der Waals surface area (Å²) in [6.07, 6.45) is 0. The van der Waals surface area contributed by atoms with Gasteiger partial charge < -0.3 is 5.32 Å². The molecule has 0 saturated carbocycles. The standard InChI is InChI=1S/C21H29FN4O3S/c1-5-25(6-2)15-17-7-11-19(12-8-17)23-21(27)16-26(30(28,29)24(3)4)20-13-9-18(22)10-14-20/h7-14H,5-6,15-16H2,1-4H3,(H,23,27). The lowest BCUT2D eigenvalue weighted by Gasteiger charge is -2.27. The van der Waals surface area contributed by atoms with E-state index in [1.165, 1.54) is 26.2 Å². The van der Waals surface area contributed by atoms with Crippen LogP contribution in [-0.2, 0) is 21.5 Å². The first-order chi connectivity index (χ1) is 14.2. The summed E-state index contributed by atoms with van der Waals surface area (Å²) in [5, 5.41) is 2.72. The van der Waals surface area contributed by atoms with E-state index in [9.17, 15) is 17.6 Å². The molecule has 2 rings (SSSR count). The van der Waals surface area contributed by atoms with E-state index in [1.54, 1.807) is 12.1 Å². The van der Waals surface area contributed by atoms with Gasteiger partial charge in [0.05, 0.1) is 5.69 Å². The molecule has 164 valence electrons. The molecule has 2 aromatic rings. The molecular formula is C21H29FN4O3S. The number of benzene rings is 2. The van der Waals surface area contributed by atoms with Gasteiger partial charge in [-0.25, -0.2) is 8.70 Å².